The predicted octanol–water partition coefficient (Wildman–Crippen LogP) is 5.47. The van der Waals surface area contributed by atoms with Crippen LogP contribution in [0, 0.1) is 0 Å². The molecular formula is C27H30N2O5. The summed E-state index contributed by atoms with van der Waals surface area (Å²) in [6, 6.07) is 17.1. The Morgan fingerprint density at radius 2 is 1.62 bits per heavy atom. The minimum atomic E-state index is -0.540. The number of pyridine rings is 1. The highest BCUT2D eigenvalue weighted by Gasteiger charge is 2.30. The number of piperidine rings is 1. The van der Waals surface area contributed by atoms with Gasteiger partial charge in [0.25, 0.3) is 0 Å². The minimum Gasteiger partial charge on any atom is -0.487 e. The molecule has 4 rings (SSSR count). The van der Waals surface area contributed by atoms with Crippen molar-refractivity contribution in [1.29, 1.82) is 0 Å². The summed E-state index contributed by atoms with van der Waals surface area (Å²) in [5.41, 5.74) is 1.95. The van der Waals surface area contributed by atoms with Crippen molar-refractivity contribution in [2.75, 3.05) is 20.2 Å². The summed E-state index contributed by atoms with van der Waals surface area (Å²) in [6.07, 6.45) is 0.716. The van der Waals surface area contributed by atoms with Crippen molar-refractivity contribution in [3.63, 3.8) is 0 Å². The number of hydrogen-bond acceptors (Lipinski definition) is 6. The fourth-order valence-corrected chi connectivity index (χ4v) is 4.05. The van der Waals surface area contributed by atoms with E-state index in [0.29, 0.717) is 53.8 Å². The Hall–Kier alpha value is -3.61. The molecule has 2 aromatic carbocycles. The zero-order valence-corrected chi connectivity index (χ0v) is 20.0. The van der Waals surface area contributed by atoms with Crippen LogP contribution in [-0.2, 0) is 9.47 Å². The molecule has 1 aliphatic heterocycles. The first kappa shape index (κ1) is 23.5. The summed E-state index contributed by atoms with van der Waals surface area (Å²) >= 11 is 0. The first-order valence-electron chi connectivity index (χ1n) is 11.5. The van der Waals surface area contributed by atoms with Gasteiger partial charge in [0.15, 0.2) is 5.75 Å². The second kappa shape index (κ2) is 9.71. The van der Waals surface area contributed by atoms with E-state index in [1.165, 1.54) is 7.11 Å². The fourth-order valence-electron chi connectivity index (χ4n) is 4.05. The van der Waals surface area contributed by atoms with Gasteiger partial charge in [0.1, 0.15) is 23.0 Å². The number of benzene rings is 2. The Bertz CT molecular complexity index is 1180. The van der Waals surface area contributed by atoms with E-state index in [-0.39, 0.29) is 12.2 Å². The van der Waals surface area contributed by atoms with Gasteiger partial charge in [-0.25, -0.2) is 14.6 Å². The Labute approximate surface area is 199 Å². The number of ether oxygens (including phenoxy) is 3. The SMILES string of the molecule is COC(=O)c1c(OC2CCN(C(=O)OC(C)(C)C)CC2)c(-c2ccccc2)nc2ccccc12. The number of nitrogens with zero attached hydrogens (tertiary/aromatic N) is 2. The second-order valence-electron chi connectivity index (χ2n) is 9.32. The zero-order chi connectivity index (χ0) is 24.3. The number of likely N-dealkylation sites (tertiary alicyclic amines) is 1. The molecule has 3 aromatic rings. The lowest BCUT2D eigenvalue weighted by atomic mass is 10.0. The molecule has 178 valence electrons. The van der Waals surface area contributed by atoms with Crippen LogP contribution in [0.1, 0.15) is 44.0 Å². The minimum absolute atomic E-state index is 0.187. The molecule has 0 atom stereocenters. The van der Waals surface area contributed by atoms with Crippen LogP contribution in [0.2, 0.25) is 0 Å². The molecule has 0 aliphatic carbocycles. The number of para-hydroxylation sites is 1. The average molecular weight is 463 g/mol. The lowest BCUT2D eigenvalue weighted by Crippen LogP contribution is -2.44. The highest BCUT2D eigenvalue weighted by atomic mass is 16.6. The Morgan fingerprint density at radius 1 is 0.971 bits per heavy atom. The quantitative estimate of drug-likeness (QED) is 0.479. The van der Waals surface area contributed by atoms with Crippen LogP contribution in [0.5, 0.6) is 5.75 Å². The highest BCUT2D eigenvalue weighted by molar-refractivity contribution is 6.08. The molecule has 2 heterocycles. The smallest absolute Gasteiger partial charge is 0.410 e. The van der Waals surface area contributed by atoms with Gasteiger partial charge in [0.2, 0.25) is 0 Å². The number of carbonyl (C=O) groups is 2. The molecule has 0 radical (unpaired) electrons. The molecule has 1 fully saturated rings. The molecule has 0 bridgehead atoms. The molecule has 1 amide bonds. The van der Waals surface area contributed by atoms with Crippen LogP contribution < -0.4 is 4.74 Å². The van der Waals surface area contributed by atoms with Gasteiger partial charge < -0.3 is 19.1 Å². The number of methoxy groups -OCH3 is 1. The van der Waals surface area contributed by atoms with E-state index >= 15 is 0 Å². The monoisotopic (exact) mass is 462 g/mol. The topological polar surface area (TPSA) is 78.0 Å². The third-order valence-corrected chi connectivity index (χ3v) is 5.66. The largest absolute Gasteiger partial charge is 0.487 e. The van der Waals surface area contributed by atoms with Crippen molar-refractivity contribution < 1.29 is 23.8 Å². The Morgan fingerprint density at radius 3 is 2.26 bits per heavy atom. The fraction of sp³-hybridized carbons (Fsp3) is 0.370. The number of carbonyl (C=O) groups excluding carboxylic acids is 2. The van der Waals surface area contributed by atoms with Gasteiger partial charge in [0.05, 0.1) is 12.6 Å². The van der Waals surface area contributed by atoms with Crippen molar-refractivity contribution >= 4 is 23.0 Å². The number of amides is 1. The summed E-state index contributed by atoms with van der Waals surface area (Å²) in [5, 5.41) is 0.676. The maximum Gasteiger partial charge on any atom is 0.410 e. The number of esters is 1. The van der Waals surface area contributed by atoms with Gasteiger partial charge >= 0.3 is 12.1 Å². The Kier molecular flexibility index (Phi) is 6.72. The van der Waals surface area contributed by atoms with Crippen LogP contribution in [-0.4, -0.2) is 53.9 Å². The van der Waals surface area contributed by atoms with Gasteiger partial charge in [-0.05, 0) is 26.8 Å². The zero-order valence-electron chi connectivity index (χ0n) is 20.0. The number of fused-ring (bicyclic) bond motifs is 1. The first-order chi connectivity index (χ1) is 16.3. The van der Waals surface area contributed by atoms with Gasteiger partial charge in [-0.2, -0.15) is 0 Å². The Balaban J connectivity index is 1.68. The highest BCUT2D eigenvalue weighted by Crippen LogP contribution is 2.38. The molecule has 7 heteroatoms. The summed E-state index contributed by atoms with van der Waals surface area (Å²) in [5.74, 6) is -0.0653. The van der Waals surface area contributed by atoms with Crippen LogP contribution in [0.3, 0.4) is 0 Å². The van der Waals surface area contributed by atoms with Gasteiger partial charge in [-0.15, -0.1) is 0 Å². The number of hydrogen-bond donors (Lipinski definition) is 0. The van der Waals surface area contributed by atoms with Crippen LogP contribution in [0.25, 0.3) is 22.2 Å². The molecular weight excluding hydrogens is 432 g/mol. The van der Waals surface area contributed by atoms with Crippen molar-refractivity contribution in [2.24, 2.45) is 0 Å². The molecule has 34 heavy (non-hydrogen) atoms. The van der Waals surface area contributed by atoms with E-state index in [2.05, 4.69) is 0 Å². The van der Waals surface area contributed by atoms with Crippen molar-refractivity contribution in [1.82, 2.24) is 9.88 Å². The predicted molar refractivity (Wildman–Crippen MR) is 130 cm³/mol. The third kappa shape index (κ3) is 5.14. The van der Waals surface area contributed by atoms with Crippen molar-refractivity contribution in [3.05, 3.63) is 60.2 Å². The van der Waals surface area contributed by atoms with E-state index < -0.39 is 11.6 Å². The summed E-state index contributed by atoms with van der Waals surface area (Å²) in [7, 11) is 1.36. The van der Waals surface area contributed by atoms with Gasteiger partial charge in [-0.1, -0.05) is 48.5 Å². The van der Waals surface area contributed by atoms with Crippen LogP contribution >= 0.6 is 0 Å². The normalized spacial score (nSPS) is 14.6. The average Bonchev–Trinajstić information content (AvgIpc) is 2.83. The van der Waals surface area contributed by atoms with Crippen LogP contribution in [0.15, 0.2) is 54.6 Å². The second-order valence-corrected chi connectivity index (χ2v) is 9.32. The van der Waals surface area contributed by atoms with Gasteiger partial charge in [-0.3, -0.25) is 0 Å². The van der Waals surface area contributed by atoms with E-state index in [1.54, 1.807) is 4.90 Å². The molecule has 0 saturated carbocycles. The molecule has 1 saturated heterocycles. The molecule has 0 unspecified atom stereocenters. The molecule has 1 aliphatic rings. The van der Waals surface area contributed by atoms with E-state index in [1.807, 2.05) is 75.4 Å². The summed E-state index contributed by atoms with van der Waals surface area (Å²) in [6.45, 7) is 6.58. The standard InChI is InChI=1S/C27H30N2O5/c1-27(2,3)34-26(31)29-16-14-19(15-17-29)33-24-22(25(30)32-4)20-12-8-9-13-21(20)28-23(24)18-10-6-5-7-11-18/h5-13,19H,14-17H2,1-4H3. The summed E-state index contributed by atoms with van der Waals surface area (Å²) < 4.78 is 17.1. The lowest BCUT2D eigenvalue weighted by molar-refractivity contribution is 0.0126. The van der Waals surface area contributed by atoms with Crippen LogP contribution in [0.4, 0.5) is 4.79 Å². The third-order valence-electron chi connectivity index (χ3n) is 5.66. The number of rotatable bonds is 4. The van der Waals surface area contributed by atoms with Crippen molar-refractivity contribution in [2.45, 2.75) is 45.3 Å². The van der Waals surface area contributed by atoms with Gasteiger partial charge in [0, 0.05) is 36.9 Å². The maximum absolute atomic E-state index is 12.9. The molecule has 1 aromatic heterocycles. The van der Waals surface area contributed by atoms with Crippen molar-refractivity contribution in [3.8, 4) is 17.0 Å². The van der Waals surface area contributed by atoms with E-state index in [4.69, 9.17) is 19.2 Å². The summed E-state index contributed by atoms with van der Waals surface area (Å²) in [4.78, 5) is 31.9. The first-order valence-corrected chi connectivity index (χ1v) is 11.5. The number of aromatic nitrogens is 1. The lowest BCUT2D eigenvalue weighted by Gasteiger charge is -2.34. The molecule has 7 nitrogen and oxygen atoms in total. The van der Waals surface area contributed by atoms with E-state index in [9.17, 15) is 9.59 Å². The molecule has 0 N–H and O–H groups in total. The molecule has 0 spiro atoms. The van der Waals surface area contributed by atoms with E-state index in [0.717, 1.165) is 5.56 Å². The maximum atomic E-state index is 12.9.